The average Bonchev–Trinajstić information content (AvgIpc) is 2.55. The van der Waals surface area contributed by atoms with Crippen LogP contribution in [0.25, 0.3) is 0 Å². The molecule has 2 fully saturated rings. The minimum Gasteiger partial charge on any atom is -0.381 e. The van der Waals surface area contributed by atoms with Gasteiger partial charge in [0.1, 0.15) is 0 Å². The van der Waals surface area contributed by atoms with Crippen LogP contribution in [0.4, 0.5) is 0 Å². The first-order chi connectivity index (χ1) is 5.31. The number of hydrogen-bond acceptors (Lipinski definition) is 2. The maximum Gasteiger partial charge on any atom is 0.0500 e. The third kappa shape index (κ3) is 1.30. The van der Waals surface area contributed by atoms with Crippen molar-refractivity contribution in [2.45, 2.75) is 19.8 Å². The molecule has 2 unspecified atom stereocenters. The van der Waals surface area contributed by atoms with Crippen LogP contribution in [0.15, 0.2) is 0 Å². The minimum absolute atomic E-state index is 0.538. The van der Waals surface area contributed by atoms with Gasteiger partial charge in [-0.25, -0.2) is 0 Å². The van der Waals surface area contributed by atoms with E-state index in [1.165, 1.54) is 25.9 Å². The Balaban J connectivity index is 2.00. The minimum atomic E-state index is 0.538. The third-order valence-corrected chi connectivity index (χ3v) is 3.32. The molecule has 11 heavy (non-hydrogen) atoms. The molecule has 2 aliphatic heterocycles. The molecule has 2 rings (SSSR count). The molecule has 0 aromatic rings. The monoisotopic (exact) mass is 155 g/mol. The maximum absolute atomic E-state index is 5.41. The van der Waals surface area contributed by atoms with Gasteiger partial charge >= 0.3 is 0 Å². The number of hydrogen-bond donors (Lipinski definition) is 1. The number of nitrogens with one attached hydrogen (secondary N) is 1. The summed E-state index contributed by atoms with van der Waals surface area (Å²) in [6.45, 7) is 6.78. The average molecular weight is 155 g/mol. The van der Waals surface area contributed by atoms with Gasteiger partial charge in [-0.15, -0.1) is 0 Å². The molecular weight excluding hydrogens is 138 g/mol. The van der Waals surface area contributed by atoms with E-state index in [9.17, 15) is 0 Å². The summed E-state index contributed by atoms with van der Waals surface area (Å²) >= 11 is 0. The van der Waals surface area contributed by atoms with Crippen LogP contribution < -0.4 is 5.32 Å². The first kappa shape index (κ1) is 7.56. The Morgan fingerprint density at radius 3 is 3.00 bits per heavy atom. The second-order valence-electron chi connectivity index (χ2n) is 4.14. The largest absolute Gasteiger partial charge is 0.381 e. The van der Waals surface area contributed by atoms with Crippen molar-refractivity contribution in [1.82, 2.24) is 5.32 Å². The van der Waals surface area contributed by atoms with E-state index in [1.807, 2.05) is 0 Å². The van der Waals surface area contributed by atoms with E-state index in [0.29, 0.717) is 5.41 Å². The van der Waals surface area contributed by atoms with E-state index in [4.69, 9.17) is 4.74 Å². The molecule has 0 aliphatic carbocycles. The highest BCUT2D eigenvalue weighted by Crippen LogP contribution is 2.38. The fourth-order valence-electron chi connectivity index (χ4n) is 2.27. The van der Waals surface area contributed by atoms with Gasteiger partial charge in [0, 0.05) is 13.2 Å². The van der Waals surface area contributed by atoms with E-state index in [0.717, 1.165) is 19.1 Å². The zero-order valence-electron chi connectivity index (χ0n) is 7.23. The van der Waals surface area contributed by atoms with Crippen LogP contribution in [0.3, 0.4) is 0 Å². The molecule has 0 spiro atoms. The predicted molar refractivity (Wildman–Crippen MR) is 44.5 cm³/mol. The number of rotatable bonds is 1. The Morgan fingerprint density at radius 1 is 1.55 bits per heavy atom. The summed E-state index contributed by atoms with van der Waals surface area (Å²) in [4.78, 5) is 0. The van der Waals surface area contributed by atoms with Gasteiger partial charge in [0.25, 0.3) is 0 Å². The van der Waals surface area contributed by atoms with Crippen molar-refractivity contribution in [2.24, 2.45) is 11.3 Å². The summed E-state index contributed by atoms with van der Waals surface area (Å²) < 4.78 is 5.41. The predicted octanol–water partition coefficient (Wildman–Crippen LogP) is 1.02. The van der Waals surface area contributed by atoms with Gasteiger partial charge in [-0.2, -0.15) is 0 Å². The topological polar surface area (TPSA) is 21.3 Å². The van der Waals surface area contributed by atoms with Crippen molar-refractivity contribution in [2.75, 3.05) is 26.3 Å². The molecule has 64 valence electrons. The Hall–Kier alpha value is -0.0800. The molecule has 0 amide bonds. The molecule has 0 aromatic carbocycles. The molecule has 1 N–H and O–H groups in total. The molecule has 2 atom stereocenters. The van der Waals surface area contributed by atoms with Crippen LogP contribution in [0, 0.1) is 11.3 Å². The normalized spacial score (nSPS) is 45.0. The van der Waals surface area contributed by atoms with Crippen LogP contribution in [-0.4, -0.2) is 26.3 Å². The summed E-state index contributed by atoms with van der Waals surface area (Å²) in [6, 6.07) is 0. The van der Waals surface area contributed by atoms with E-state index in [2.05, 4.69) is 12.2 Å². The van der Waals surface area contributed by atoms with Crippen molar-refractivity contribution in [3.8, 4) is 0 Å². The van der Waals surface area contributed by atoms with Crippen molar-refractivity contribution in [1.29, 1.82) is 0 Å². The molecule has 2 nitrogen and oxygen atoms in total. The Kier molecular flexibility index (Phi) is 1.90. The fourth-order valence-corrected chi connectivity index (χ4v) is 2.27. The summed E-state index contributed by atoms with van der Waals surface area (Å²) in [5, 5.41) is 3.43. The first-order valence-electron chi connectivity index (χ1n) is 4.60. The quantitative estimate of drug-likeness (QED) is 0.610. The third-order valence-electron chi connectivity index (χ3n) is 3.32. The standard InChI is InChI=1S/C9H17NO/c1-9(3-4-10-7-9)8-2-5-11-6-8/h8,10H,2-7H2,1H3. The molecule has 2 heterocycles. The summed E-state index contributed by atoms with van der Waals surface area (Å²) in [5.41, 5.74) is 0.538. The van der Waals surface area contributed by atoms with Crippen molar-refractivity contribution >= 4 is 0 Å². The molecule has 0 aromatic heterocycles. The van der Waals surface area contributed by atoms with Gasteiger partial charge in [-0.05, 0) is 30.7 Å². The molecule has 2 saturated heterocycles. The summed E-state index contributed by atoms with van der Waals surface area (Å²) in [5.74, 6) is 0.817. The summed E-state index contributed by atoms with van der Waals surface area (Å²) in [6.07, 6.45) is 2.61. The van der Waals surface area contributed by atoms with Crippen molar-refractivity contribution < 1.29 is 4.74 Å². The van der Waals surface area contributed by atoms with E-state index >= 15 is 0 Å². The number of ether oxygens (including phenoxy) is 1. The van der Waals surface area contributed by atoms with Gasteiger partial charge in [0.15, 0.2) is 0 Å². The smallest absolute Gasteiger partial charge is 0.0500 e. The second kappa shape index (κ2) is 2.76. The fraction of sp³-hybridized carbons (Fsp3) is 1.00. The van der Waals surface area contributed by atoms with Crippen molar-refractivity contribution in [3.63, 3.8) is 0 Å². The van der Waals surface area contributed by atoms with Crippen LogP contribution in [0.1, 0.15) is 19.8 Å². The Morgan fingerprint density at radius 2 is 2.45 bits per heavy atom. The molecule has 0 bridgehead atoms. The van der Waals surface area contributed by atoms with Crippen LogP contribution in [0.5, 0.6) is 0 Å². The van der Waals surface area contributed by atoms with Gasteiger partial charge in [-0.1, -0.05) is 6.92 Å². The van der Waals surface area contributed by atoms with E-state index in [-0.39, 0.29) is 0 Å². The molecule has 0 radical (unpaired) electrons. The lowest BCUT2D eigenvalue weighted by atomic mass is 9.76. The lowest BCUT2D eigenvalue weighted by molar-refractivity contribution is 0.143. The SMILES string of the molecule is CC1(C2CCOC2)CCNC1. The van der Waals surface area contributed by atoms with Gasteiger partial charge in [0.2, 0.25) is 0 Å². The highest BCUT2D eigenvalue weighted by atomic mass is 16.5. The molecular formula is C9H17NO. The van der Waals surface area contributed by atoms with E-state index < -0.39 is 0 Å². The van der Waals surface area contributed by atoms with Crippen molar-refractivity contribution in [3.05, 3.63) is 0 Å². The zero-order valence-corrected chi connectivity index (χ0v) is 7.23. The molecule has 2 heteroatoms. The highest BCUT2D eigenvalue weighted by molar-refractivity contribution is 4.91. The Bertz CT molecular complexity index is 134. The maximum atomic E-state index is 5.41. The summed E-state index contributed by atoms with van der Waals surface area (Å²) in [7, 11) is 0. The van der Waals surface area contributed by atoms with Crippen LogP contribution in [0.2, 0.25) is 0 Å². The van der Waals surface area contributed by atoms with Gasteiger partial charge in [-0.3, -0.25) is 0 Å². The second-order valence-corrected chi connectivity index (χ2v) is 4.14. The highest BCUT2D eigenvalue weighted by Gasteiger charge is 2.38. The molecule has 2 aliphatic rings. The zero-order chi connectivity index (χ0) is 7.73. The van der Waals surface area contributed by atoms with Crippen LogP contribution >= 0.6 is 0 Å². The molecule has 0 saturated carbocycles. The first-order valence-corrected chi connectivity index (χ1v) is 4.60. The lowest BCUT2D eigenvalue weighted by Gasteiger charge is -2.28. The van der Waals surface area contributed by atoms with Gasteiger partial charge in [0.05, 0.1) is 6.61 Å². The van der Waals surface area contributed by atoms with E-state index in [1.54, 1.807) is 0 Å². The van der Waals surface area contributed by atoms with Gasteiger partial charge < -0.3 is 10.1 Å². The van der Waals surface area contributed by atoms with Crippen LogP contribution in [-0.2, 0) is 4.74 Å². The Labute approximate surface area is 68.3 Å². The lowest BCUT2D eigenvalue weighted by Crippen LogP contribution is -2.30.